The molecule has 32 heavy (non-hydrogen) atoms. The molecule has 0 saturated carbocycles. The number of aromatic nitrogens is 2. The zero-order valence-corrected chi connectivity index (χ0v) is 16.7. The Hall–Kier alpha value is -3.89. The fourth-order valence-corrected chi connectivity index (χ4v) is 2.87. The molecule has 0 saturated heterocycles. The number of hydrogen-bond acceptors (Lipinski definition) is 6. The fraction of sp³-hybridized carbons (Fsp3) is 0.190. The minimum absolute atomic E-state index is 0.0350. The van der Waals surface area contributed by atoms with E-state index in [0.29, 0.717) is 5.69 Å². The lowest BCUT2D eigenvalue weighted by Gasteiger charge is -2.17. The van der Waals surface area contributed by atoms with Crippen LogP contribution in [0.15, 0.2) is 54.6 Å². The molecular weight excluding hydrogens is 436 g/mol. The van der Waals surface area contributed by atoms with Crippen molar-refractivity contribution in [2.75, 3.05) is 14.2 Å². The molecule has 0 spiro atoms. The second-order valence-electron chi connectivity index (χ2n) is 6.30. The van der Waals surface area contributed by atoms with Gasteiger partial charge in [0.15, 0.2) is 5.69 Å². The van der Waals surface area contributed by atoms with E-state index in [0.717, 1.165) is 31.0 Å². The standard InChI is InChI=1S/C21H16F4N2O5/c1-30-18(28)15-16(12-7-6-10-14(11-12)32-21(24,25)20(22)23)26-27(17(15)19(29)31-2)13-8-4-3-5-9-13/h3-11,20H,1-2H3. The van der Waals surface area contributed by atoms with Crippen LogP contribution in [-0.2, 0) is 9.47 Å². The Labute approximate surface area is 179 Å². The van der Waals surface area contributed by atoms with Gasteiger partial charge in [0.05, 0.1) is 19.9 Å². The number of nitrogens with zero attached hydrogens (tertiary/aromatic N) is 2. The summed E-state index contributed by atoms with van der Waals surface area (Å²) in [6, 6.07) is 12.9. The molecule has 168 valence electrons. The highest BCUT2D eigenvalue weighted by molar-refractivity contribution is 6.06. The number of halogens is 4. The average molecular weight is 452 g/mol. The van der Waals surface area contributed by atoms with E-state index in [1.807, 2.05) is 0 Å². The van der Waals surface area contributed by atoms with Crippen molar-refractivity contribution in [3.05, 3.63) is 65.9 Å². The molecule has 1 aromatic heterocycles. The smallest absolute Gasteiger partial charge is 0.461 e. The van der Waals surface area contributed by atoms with Crippen LogP contribution in [0.2, 0.25) is 0 Å². The predicted octanol–water partition coefficient (Wildman–Crippen LogP) is 4.35. The first-order chi connectivity index (χ1) is 15.2. The van der Waals surface area contributed by atoms with E-state index >= 15 is 0 Å². The summed E-state index contributed by atoms with van der Waals surface area (Å²) in [7, 11) is 2.18. The lowest BCUT2D eigenvalue weighted by molar-refractivity contribution is -0.253. The van der Waals surface area contributed by atoms with Gasteiger partial charge in [0.2, 0.25) is 0 Å². The Morgan fingerprint density at radius 3 is 2.22 bits per heavy atom. The van der Waals surface area contributed by atoms with E-state index < -0.39 is 30.2 Å². The first-order valence-corrected chi connectivity index (χ1v) is 9.00. The summed E-state index contributed by atoms with van der Waals surface area (Å²) in [5.41, 5.74) is -0.286. The van der Waals surface area contributed by atoms with E-state index in [-0.39, 0.29) is 22.5 Å². The molecule has 1 heterocycles. The molecule has 2 aromatic carbocycles. The van der Waals surface area contributed by atoms with Crippen molar-refractivity contribution in [3.63, 3.8) is 0 Å². The number of alkyl halides is 4. The molecule has 11 heteroatoms. The quantitative estimate of drug-likeness (QED) is 0.392. The van der Waals surface area contributed by atoms with Gasteiger partial charge < -0.3 is 14.2 Å². The summed E-state index contributed by atoms with van der Waals surface area (Å²) in [5, 5.41) is 4.29. The zero-order valence-electron chi connectivity index (χ0n) is 16.7. The predicted molar refractivity (Wildman–Crippen MR) is 103 cm³/mol. The molecule has 7 nitrogen and oxygen atoms in total. The number of carbonyl (C=O) groups excluding carboxylic acids is 2. The third-order valence-corrected chi connectivity index (χ3v) is 4.27. The van der Waals surface area contributed by atoms with Crippen LogP contribution in [-0.4, -0.2) is 48.5 Å². The molecule has 3 aromatic rings. The Kier molecular flexibility index (Phi) is 6.47. The lowest BCUT2D eigenvalue weighted by atomic mass is 10.1. The van der Waals surface area contributed by atoms with Crippen molar-refractivity contribution in [2.45, 2.75) is 12.5 Å². The molecule has 0 bridgehead atoms. The third-order valence-electron chi connectivity index (χ3n) is 4.27. The van der Waals surface area contributed by atoms with Gasteiger partial charge in [-0.25, -0.2) is 14.3 Å². The minimum atomic E-state index is -4.73. The maximum absolute atomic E-state index is 13.3. The highest BCUT2D eigenvalue weighted by Gasteiger charge is 2.44. The van der Waals surface area contributed by atoms with E-state index in [9.17, 15) is 27.2 Å². The number of benzene rings is 2. The molecule has 0 aliphatic heterocycles. The van der Waals surface area contributed by atoms with Crippen molar-refractivity contribution in [3.8, 4) is 22.7 Å². The van der Waals surface area contributed by atoms with E-state index in [1.54, 1.807) is 30.3 Å². The molecule has 0 fully saturated rings. The van der Waals surface area contributed by atoms with Crippen LogP contribution in [0, 0.1) is 0 Å². The van der Waals surface area contributed by atoms with Gasteiger partial charge in [0.25, 0.3) is 0 Å². The van der Waals surface area contributed by atoms with E-state index in [2.05, 4.69) is 9.84 Å². The average Bonchev–Trinajstić information content (AvgIpc) is 3.19. The number of carbonyl (C=O) groups is 2. The van der Waals surface area contributed by atoms with Crippen molar-refractivity contribution >= 4 is 11.9 Å². The lowest BCUT2D eigenvalue weighted by Crippen LogP contribution is -2.33. The van der Waals surface area contributed by atoms with Crippen LogP contribution in [0.1, 0.15) is 20.8 Å². The number of esters is 2. The van der Waals surface area contributed by atoms with Crippen LogP contribution in [0.5, 0.6) is 5.75 Å². The van der Waals surface area contributed by atoms with Gasteiger partial charge in [-0.15, -0.1) is 0 Å². The summed E-state index contributed by atoms with van der Waals surface area (Å²) in [6.07, 6.45) is -8.79. The van der Waals surface area contributed by atoms with Crippen LogP contribution in [0.3, 0.4) is 0 Å². The van der Waals surface area contributed by atoms with Gasteiger partial charge in [0.1, 0.15) is 17.0 Å². The maximum atomic E-state index is 13.3. The van der Waals surface area contributed by atoms with Crippen molar-refractivity contribution in [1.29, 1.82) is 0 Å². The number of rotatable bonds is 7. The summed E-state index contributed by atoms with van der Waals surface area (Å²) < 4.78 is 66.5. The Morgan fingerprint density at radius 1 is 0.969 bits per heavy atom. The second-order valence-corrected chi connectivity index (χ2v) is 6.30. The minimum Gasteiger partial charge on any atom is -0.465 e. The number of hydrogen-bond donors (Lipinski definition) is 0. The summed E-state index contributed by atoms with van der Waals surface area (Å²) in [4.78, 5) is 25.1. The van der Waals surface area contributed by atoms with Crippen LogP contribution in [0.4, 0.5) is 17.6 Å². The van der Waals surface area contributed by atoms with Crippen molar-refractivity contribution in [2.24, 2.45) is 0 Å². The molecule has 0 N–H and O–H groups in total. The highest BCUT2D eigenvalue weighted by Crippen LogP contribution is 2.33. The van der Waals surface area contributed by atoms with Gasteiger partial charge in [-0.3, -0.25) is 0 Å². The Balaban J connectivity index is 2.23. The number of ether oxygens (including phenoxy) is 3. The summed E-state index contributed by atoms with van der Waals surface area (Å²) in [5.74, 6) is -2.46. The topological polar surface area (TPSA) is 79.7 Å². The van der Waals surface area contributed by atoms with Crippen molar-refractivity contribution < 1.29 is 41.4 Å². The Bertz CT molecular complexity index is 1130. The molecule has 3 rings (SSSR count). The number of para-hydroxylation sites is 1. The molecule has 0 atom stereocenters. The first kappa shape index (κ1) is 22.8. The molecular formula is C21H16F4N2O5. The number of methoxy groups -OCH3 is 2. The third kappa shape index (κ3) is 4.41. The molecule has 0 radical (unpaired) electrons. The normalized spacial score (nSPS) is 11.3. The van der Waals surface area contributed by atoms with Crippen LogP contribution < -0.4 is 4.74 Å². The molecule has 0 aliphatic carbocycles. The van der Waals surface area contributed by atoms with Crippen molar-refractivity contribution in [1.82, 2.24) is 9.78 Å². The van der Waals surface area contributed by atoms with Gasteiger partial charge in [-0.05, 0) is 24.3 Å². The maximum Gasteiger partial charge on any atom is 0.461 e. The van der Waals surface area contributed by atoms with Crippen LogP contribution >= 0.6 is 0 Å². The van der Waals surface area contributed by atoms with Gasteiger partial charge in [0, 0.05) is 5.56 Å². The first-order valence-electron chi connectivity index (χ1n) is 9.00. The monoisotopic (exact) mass is 452 g/mol. The molecule has 0 amide bonds. The Morgan fingerprint density at radius 2 is 1.62 bits per heavy atom. The van der Waals surface area contributed by atoms with Gasteiger partial charge in [-0.1, -0.05) is 30.3 Å². The van der Waals surface area contributed by atoms with Gasteiger partial charge >= 0.3 is 24.5 Å². The van der Waals surface area contributed by atoms with E-state index in [1.165, 1.54) is 12.1 Å². The largest absolute Gasteiger partial charge is 0.465 e. The molecule has 0 unspecified atom stereocenters. The fourth-order valence-electron chi connectivity index (χ4n) is 2.87. The second kappa shape index (κ2) is 9.08. The van der Waals surface area contributed by atoms with Gasteiger partial charge in [-0.2, -0.15) is 22.7 Å². The van der Waals surface area contributed by atoms with Crippen LogP contribution in [0.25, 0.3) is 16.9 Å². The summed E-state index contributed by atoms with van der Waals surface area (Å²) >= 11 is 0. The molecule has 0 aliphatic rings. The SMILES string of the molecule is COC(=O)c1c(-c2cccc(OC(F)(F)C(F)F)c2)nn(-c2ccccc2)c1C(=O)OC. The zero-order chi connectivity index (χ0) is 23.5. The summed E-state index contributed by atoms with van der Waals surface area (Å²) in [6.45, 7) is 0. The van der Waals surface area contributed by atoms with E-state index in [4.69, 9.17) is 9.47 Å². The highest BCUT2D eigenvalue weighted by atomic mass is 19.3.